The lowest BCUT2D eigenvalue weighted by Crippen LogP contribution is -1.96. The van der Waals surface area contributed by atoms with E-state index in [2.05, 4.69) is 55.8 Å². The minimum Gasteiger partial charge on any atom is -0.241 e. The topological polar surface area (TPSA) is 17.8 Å². The molecule has 0 saturated heterocycles. The third-order valence-corrected chi connectivity index (χ3v) is 5.11. The molecule has 1 atom stereocenters. The molecule has 5 heteroatoms. The zero-order valence-corrected chi connectivity index (χ0v) is 15.4. The predicted molar refractivity (Wildman–Crippen MR) is 98.1 cm³/mol. The van der Waals surface area contributed by atoms with Crippen molar-refractivity contribution in [2.24, 2.45) is 0 Å². The van der Waals surface area contributed by atoms with Crippen LogP contribution in [0.5, 0.6) is 0 Å². The van der Waals surface area contributed by atoms with Gasteiger partial charge in [0.15, 0.2) is 0 Å². The summed E-state index contributed by atoms with van der Waals surface area (Å²) in [6.45, 7) is 0. The van der Waals surface area contributed by atoms with Gasteiger partial charge in [0, 0.05) is 19.8 Å². The van der Waals surface area contributed by atoms with E-state index in [1.165, 1.54) is 0 Å². The summed E-state index contributed by atoms with van der Waals surface area (Å²) in [6, 6.07) is 16.1. The molecule has 0 spiro atoms. The molecule has 0 aliphatic heterocycles. The number of para-hydroxylation sites is 1. The van der Waals surface area contributed by atoms with Crippen LogP contribution in [0.1, 0.15) is 16.5 Å². The van der Waals surface area contributed by atoms with Crippen LogP contribution in [0.2, 0.25) is 0 Å². The molecule has 21 heavy (non-hydrogen) atoms. The molecular formula is C16H11BrClIN2. The highest BCUT2D eigenvalue weighted by Crippen LogP contribution is 2.33. The smallest absolute Gasteiger partial charge is 0.0876 e. The number of nitrogens with zero attached hydrogens (tertiary/aromatic N) is 2. The van der Waals surface area contributed by atoms with E-state index in [4.69, 9.17) is 11.6 Å². The van der Waals surface area contributed by atoms with Crippen LogP contribution in [0.25, 0.3) is 5.69 Å². The molecule has 0 fully saturated rings. The van der Waals surface area contributed by atoms with Gasteiger partial charge in [-0.25, -0.2) is 4.68 Å². The third kappa shape index (κ3) is 3.33. The van der Waals surface area contributed by atoms with Gasteiger partial charge in [-0.2, -0.15) is 5.10 Å². The fraction of sp³-hybridized carbons (Fsp3) is 0.0625. The Labute approximate surface area is 150 Å². The van der Waals surface area contributed by atoms with Gasteiger partial charge in [0.05, 0.1) is 17.3 Å². The molecule has 1 aromatic heterocycles. The third-order valence-electron chi connectivity index (χ3n) is 3.15. The van der Waals surface area contributed by atoms with Crippen LogP contribution in [0.15, 0.2) is 65.4 Å². The lowest BCUT2D eigenvalue weighted by Gasteiger charge is -2.10. The van der Waals surface area contributed by atoms with E-state index >= 15 is 0 Å². The maximum Gasteiger partial charge on any atom is 0.0876 e. The Hall–Kier alpha value is -0.850. The lowest BCUT2D eigenvalue weighted by atomic mass is 10.1. The summed E-state index contributed by atoms with van der Waals surface area (Å²) in [5.41, 5.74) is 3.09. The minimum absolute atomic E-state index is 0.216. The fourth-order valence-electron chi connectivity index (χ4n) is 2.08. The molecule has 1 heterocycles. The summed E-state index contributed by atoms with van der Waals surface area (Å²) in [5.74, 6) is 0. The molecule has 0 N–H and O–H groups in total. The SMILES string of the molecule is ClC(c1cnn(-c2ccccc2)c1)c1cc(Br)ccc1I. The summed E-state index contributed by atoms with van der Waals surface area (Å²) in [4.78, 5) is 0. The lowest BCUT2D eigenvalue weighted by molar-refractivity contribution is 0.880. The van der Waals surface area contributed by atoms with Crippen molar-refractivity contribution >= 4 is 50.1 Å². The van der Waals surface area contributed by atoms with Gasteiger partial charge in [-0.05, 0) is 58.5 Å². The van der Waals surface area contributed by atoms with Crippen LogP contribution in [-0.2, 0) is 0 Å². The van der Waals surface area contributed by atoms with Crippen molar-refractivity contribution in [1.29, 1.82) is 0 Å². The Balaban J connectivity index is 1.94. The second-order valence-electron chi connectivity index (χ2n) is 4.58. The Morgan fingerprint density at radius 3 is 2.67 bits per heavy atom. The number of aromatic nitrogens is 2. The van der Waals surface area contributed by atoms with Crippen LogP contribution in [0.3, 0.4) is 0 Å². The predicted octanol–water partition coefficient (Wildman–Crippen LogP) is 5.57. The molecule has 2 nitrogen and oxygen atoms in total. The summed E-state index contributed by atoms with van der Waals surface area (Å²) in [6.07, 6.45) is 3.80. The summed E-state index contributed by atoms with van der Waals surface area (Å²) in [7, 11) is 0. The summed E-state index contributed by atoms with van der Waals surface area (Å²) in [5, 5.41) is 4.19. The zero-order valence-electron chi connectivity index (χ0n) is 10.9. The summed E-state index contributed by atoms with van der Waals surface area (Å²) < 4.78 is 4.01. The maximum absolute atomic E-state index is 6.63. The quantitative estimate of drug-likeness (QED) is 0.359. The standard InChI is InChI=1S/C16H11BrClIN2/c17-12-6-7-15(19)14(8-12)16(18)11-9-20-21(10-11)13-4-2-1-3-5-13/h1-10,16H. The molecule has 3 aromatic rings. The average Bonchev–Trinajstić information content (AvgIpc) is 3.00. The van der Waals surface area contributed by atoms with Crippen molar-refractivity contribution in [3.8, 4) is 5.69 Å². The first-order valence-corrected chi connectivity index (χ1v) is 8.65. The molecule has 0 bridgehead atoms. The van der Waals surface area contributed by atoms with Gasteiger partial charge in [0.1, 0.15) is 0 Å². The molecule has 0 aliphatic rings. The van der Waals surface area contributed by atoms with Crippen LogP contribution in [0, 0.1) is 3.57 Å². The zero-order chi connectivity index (χ0) is 14.8. The highest BCUT2D eigenvalue weighted by atomic mass is 127. The highest BCUT2D eigenvalue weighted by molar-refractivity contribution is 14.1. The number of hydrogen-bond donors (Lipinski definition) is 0. The monoisotopic (exact) mass is 472 g/mol. The van der Waals surface area contributed by atoms with Crippen molar-refractivity contribution in [2.45, 2.75) is 5.38 Å². The normalized spacial score (nSPS) is 12.3. The van der Waals surface area contributed by atoms with Crippen LogP contribution < -0.4 is 0 Å². The Morgan fingerprint density at radius 2 is 1.90 bits per heavy atom. The molecule has 1 unspecified atom stereocenters. The fourth-order valence-corrected chi connectivity index (χ4v) is 3.58. The van der Waals surface area contributed by atoms with E-state index in [-0.39, 0.29) is 5.38 Å². The Kier molecular flexibility index (Phi) is 4.66. The van der Waals surface area contributed by atoms with E-state index < -0.39 is 0 Å². The molecule has 3 rings (SSSR count). The van der Waals surface area contributed by atoms with E-state index in [1.807, 2.05) is 53.5 Å². The first kappa shape index (κ1) is 15.1. The first-order valence-electron chi connectivity index (χ1n) is 6.34. The van der Waals surface area contributed by atoms with Crippen molar-refractivity contribution < 1.29 is 0 Å². The minimum atomic E-state index is -0.216. The van der Waals surface area contributed by atoms with Gasteiger partial charge in [0.25, 0.3) is 0 Å². The van der Waals surface area contributed by atoms with Gasteiger partial charge in [0.2, 0.25) is 0 Å². The van der Waals surface area contributed by atoms with Crippen molar-refractivity contribution in [1.82, 2.24) is 9.78 Å². The van der Waals surface area contributed by atoms with E-state index in [0.29, 0.717) is 0 Å². The number of alkyl halides is 1. The van der Waals surface area contributed by atoms with Gasteiger partial charge >= 0.3 is 0 Å². The molecule has 0 amide bonds. The van der Waals surface area contributed by atoms with Gasteiger partial charge in [-0.15, -0.1) is 11.6 Å². The Morgan fingerprint density at radius 1 is 1.14 bits per heavy atom. The molecule has 0 aliphatic carbocycles. The molecular weight excluding hydrogens is 462 g/mol. The first-order chi connectivity index (χ1) is 10.1. The number of benzene rings is 2. The molecule has 0 radical (unpaired) electrons. The van der Waals surface area contributed by atoms with Crippen LogP contribution in [-0.4, -0.2) is 9.78 Å². The van der Waals surface area contributed by atoms with Crippen LogP contribution in [0.4, 0.5) is 0 Å². The van der Waals surface area contributed by atoms with Crippen molar-refractivity contribution in [3.63, 3.8) is 0 Å². The van der Waals surface area contributed by atoms with Gasteiger partial charge < -0.3 is 0 Å². The summed E-state index contributed by atoms with van der Waals surface area (Å²) >= 11 is 12.4. The second-order valence-corrected chi connectivity index (χ2v) is 7.10. The van der Waals surface area contributed by atoms with Crippen molar-refractivity contribution in [2.75, 3.05) is 0 Å². The Bertz CT molecular complexity index is 758. The molecule has 2 aromatic carbocycles. The van der Waals surface area contributed by atoms with E-state index in [0.717, 1.165) is 24.9 Å². The highest BCUT2D eigenvalue weighted by Gasteiger charge is 2.16. The number of halogens is 3. The van der Waals surface area contributed by atoms with Gasteiger partial charge in [-0.3, -0.25) is 0 Å². The van der Waals surface area contributed by atoms with Crippen LogP contribution >= 0.6 is 50.1 Å². The number of rotatable bonds is 3. The van der Waals surface area contributed by atoms with Crippen molar-refractivity contribution in [3.05, 3.63) is 80.1 Å². The molecule has 0 saturated carbocycles. The maximum atomic E-state index is 6.63. The van der Waals surface area contributed by atoms with E-state index in [9.17, 15) is 0 Å². The average molecular weight is 474 g/mol. The van der Waals surface area contributed by atoms with Gasteiger partial charge in [-0.1, -0.05) is 34.1 Å². The number of hydrogen-bond acceptors (Lipinski definition) is 1. The largest absolute Gasteiger partial charge is 0.241 e. The molecule has 106 valence electrons. The van der Waals surface area contributed by atoms with E-state index in [1.54, 1.807) is 0 Å². The second kappa shape index (κ2) is 6.50.